The highest BCUT2D eigenvalue weighted by Gasteiger charge is 2.08. The molecule has 0 aliphatic carbocycles. The molecule has 0 bridgehead atoms. The molecule has 0 aliphatic heterocycles. The van der Waals surface area contributed by atoms with Crippen molar-refractivity contribution in [3.05, 3.63) is 0 Å². The standard InChI is InChI=1S/C15H32O2/c1-5-7-8-9-10-11-15(16-6-2)17-13-12-14(3)4/h14-15H,5-13H2,1-4H3. The minimum absolute atomic E-state index is 0.0281. The maximum Gasteiger partial charge on any atom is 0.157 e. The van der Waals surface area contributed by atoms with Crippen molar-refractivity contribution in [1.29, 1.82) is 0 Å². The summed E-state index contributed by atoms with van der Waals surface area (Å²) in [5.41, 5.74) is 0. The van der Waals surface area contributed by atoms with E-state index in [9.17, 15) is 0 Å². The quantitative estimate of drug-likeness (QED) is 0.363. The summed E-state index contributed by atoms with van der Waals surface area (Å²) >= 11 is 0. The molecule has 0 N–H and O–H groups in total. The van der Waals surface area contributed by atoms with Gasteiger partial charge in [-0.2, -0.15) is 0 Å². The molecule has 0 radical (unpaired) electrons. The highest BCUT2D eigenvalue weighted by Crippen LogP contribution is 2.11. The maximum absolute atomic E-state index is 5.78. The zero-order chi connectivity index (χ0) is 12.9. The SMILES string of the molecule is CCCCCCCC(OCC)OCCC(C)C. The molecule has 0 fully saturated rings. The van der Waals surface area contributed by atoms with Gasteiger partial charge in [0.25, 0.3) is 0 Å². The molecule has 0 spiro atoms. The second kappa shape index (κ2) is 12.4. The molecule has 104 valence electrons. The number of rotatable bonds is 12. The van der Waals surface area contributed by atoms with Crippen molar-refractivity contribution in [2.75, 3.05) is 13.2 Å². The smallest absolute Gasteiger partial charge is 0.157 e. The van der Waals surface area contributed by atoms with E-state index >= 15 is 0 Å². The van der Waals surface area contributed by atoms with Crippen LogP contribution in [0.5, 0.6) is 0 Å². The second-order valence-electron chi connectivity index (χ2n) is 5.14. The summed E-state index contributed by atoms with van der Waals surface area (Å²) in [6.45, 7) is 10.3. The Labute approximate surface area is 108 Å². The number of hydrogen-bond acceptors (Lipinski definition) is 2. The van der Waals surface area contributed by atoms with Gasteiger partial charge in [-0.25, -0.2) is 0 Å². The fourth-order valence-electron chi connectivity index (χ4n) is 1.75. The molecule has 1 atom stereocenters. The molecule has 17 heavy (non-hydrogen) atoms. The first-order valence-electron chi connectivity index (χ1n) is 7.43. The highest BCUT2D eigenvalue weighted by atomic mass is 16.7. The fourth-order valence-corrected chi connectivity index (χ4v) is 1.75. The van der Waals surface area contributed by atoms with Gasteiger partial charge in [-0.05, 0) is 32.1 Å². The van der Waals surface area contributed by atoms with Crippen LogP contribution < -0.4 is 0 Å². The van der Waals surface area contributed by atoms with Crippen LogP contribution in [0.25, 0.3) is 0 Å². The predicted molar refractivity (Wildman–Crippen MR) is 74.2 cm³/mol. The number of hydrogen-bond donors (Lipinski definition) is 0. The summed E-state index contributed by atoms with van der Waals surface area (Å²) in [5, 5.41) is 0. The van der Waals surface area contributed by atoms with Crippen LogP contribution in [0.2, 0.25) is 0 Å². The molecular formula is C15H32O2. The van der Waals surface area contributed by atoms with Gasteiger partial charge in [-0.3, -0.25) is 0 Å². The Morgan fingerprint density at radius 3 is 2.12 bits per heavy atom. The summed E-state index contributed by atoms with van der Waals surface area (Å²) in [6.07, 6.45) is 8.75. The van der Waals surface area contributed by atoms with E-state index in [0.29, 0.717) is 5.92 Å². The molecule has 0 heterocycles. The van der Waals surface area contributed by atoms with Crippen molar-refractivity contribution in [1.82, 2.24) is 0 Å². The van der Waals surface area contributed by atoms with Gasteiger partial charge >= 0.3 is 0 Å². The zero-order valence-electron chi connectivity index (χ0n) is 12.3. The molecule has 1 unspecified atom stereocenters. The van der Waals surface area contributed by atoms with Gasteiger partial charge in [0.1, 0.15) is 0 Å². The third-order valence-electron chi connectivity index (χ3n) is 2.89. The molecular weight excluding hydrogens is 212 g/mol. The molecule has 2 heteroatoms. The molecule has 0 saturated heterocycles. The molecule has 0 amide bonds. The second-order valence-corrected chi connectivity index (χ2v) is 5.14. The van der Waals surface area contributed by atoms with E-state index in [4.69, 9.17) is 9.47 Å². The van der Waals surface area contributed by atoms with Crippen LogP contribution in [0, 0.1) is 5.92 Å². The van der Waals surface area contributed by atoms with Crippen LogP contribution in [0.3, 0.4) is 0 Å². The molecule has 0 aromatic rings. The Hall–Kier alpha value is -0.0800. The van der Waals surface area contributed by atoms with Crippen LogP contribution in [0.4, 0.5) is 0 Å². The van der Waals surface area contributed by atoms with Gasteiger partial charge in [-0.1, -0.05) is 46.5 Å². The topological polar surface area (TPSA) is 18.5 Å². The fraction of sp³-hybridized carbons (Fsp3) is 1.00. The maximum atomic E-state index is 5.78. The normalized spacial score (nSPS) is 13.2. The van der Waals surface area contributed by atoms with Crippen molar-refractivity contribution in [3.8, 4) is 0 Å². The van der Waals surface area contributed by atoms with Crippen LogP contribution in [-0.2, 0) is 9.47 Å². The zero-order valence-corrected chi connectivity index (χ0v) is 12.3. The highest BCUT2D eigenvalue weighted by molar-refractivity contribution is 4.50. The molecule has 0 saturated carbocycles. The lowest BCUT2D eigenvalue weighted by atomic mass is 10.1. The first-order valence-corrected chi connectivity index (χ1v) is 7.43. The first-order chi connectivity index (χ1) is 8.20. The number of ether oxygens (including phenoxy) is 2. The van der Waals surface area contributed by atoms with E-state index in [2.05, 4.69) is 20.8 Å². The third-order valence-corrected chi connectivity index (χ3v) is 2.89. The average Bonchev–Trinajstić information content (AvgIpc) is 2.28. The largest absolute Gasteiger partial charge is 0.353 e. The Morgan fingerprint density at radius 2 is 1.53 bits per heavy atom. The Kier molecular flexibility index (Phi) is 12.3. The summed E-state index contributed by atoms with van der Waals surface area (Å²) < 4.78 is 11.4. The van der Waals surface area contributed by atoms with Crippen molar-refractivity contribution in [3.63, 3.8) is 0 Å². The monoisotopic (exact) mass is 244 g/mol. The van der Waals surface area contributed by atoms with E-state index in [1.165, 1.54) is 32.1 Å². The van der Waals surface area contributed by atoms with Gasteiger partial charge in [-0.15, -0.1) is 0 Å². The van der Waals surface area contributed by atoms with Crippen LogP contribution >= 0.6 is 0 Å². The van der Waals surface area contributed by atoms with E-state index in [-0.39, 0.29) is 6.29 Å². The van der Waals surface area contributed by atoms with Crippen molar-refractivity contribution in [2.24, 2.45) is 5.92 Å². The van der Waals surface area contributed by atoms with Crippen LogP contribution in [0.1, 0.15) is 72.6 Å². The van der Waals surface area contributed by atoms with E-state index < -0.39 is 0 Å². The van der Waals surface area contributed by atoms with E-state index in [1.54, 1.807) is 0 Å². The van der Waals surface area contributed by atoms with Gasteiger partial charge < -0.3 is 9.47 Å². The lowest BCUT2D eigenvalue weighted by Gasteiger charge is -2.18. The van der Waals surface area contributed by atoms with Gasteiger partial charge in [0.15, 0.2) is 6.29 Å². The Bertz CT molecular complexity index is 146. The summed E-state index contributed by atoms with van der Waals surface area (Å²) in [4.78, 5) is 0. The Balaban J connectivity index is 3.52. The minimum atomic E-state index is 0.0281. The Morgan fingerprint density at radius 1 is 0.824 bits per heavy atom. The molecule has 0 aromatic heterocycles. The lowest BCUT2D eigenvalue weighted by Crippen LogP contribution is -2.18. The minimum Gasteiger partial charge on any atom is -0.353 e. The number of unbranched alkanes of at least 4 members (excludes halogenated alkanes) is 4. The van der Waals surface area contributed by atoms with Crippen molar-refractivity contribution in [2.45, 2.75) is 78.9 Å². The van der Waals surface area contributed by atoms with Crippen molar-refractivity contribution < 1.29 is 9.47 Å². The summed E-state index contributed by atoms with van der Waals surface area (Å²) in [6, 6.07) is 0. The average molecular weight is 244 g/mol. The molecule has 2 nitrogen and oxygen atoms in total. The van der Waals surface area contributed by atoms with E-state index in [0.717, 1.165) is 26.1 Å². The summed E-state index contributed by atoms with van der Waals surface area (Å²) in [7, 11) is 0. The molecule has 0 aliphatic rings. The predicted octanol–water partition coefficient (Wildman–Crippen LogP) is 4.77. The lowest BCUT2D eigenvalue weighted by molar-refractivity contribution is -0.145. The van der Waals surface area contributed by atoms with Gasteiger partial charge in [0, 0.05) is 13.2 Å². The third kappa shape index (κ3) is 12.2. The van der Waals surface area contributed by atoms with E-state index in [1.807, 2.05) is 6.92 Å². The van der Waals surface area contributed by atoms with Crippen LogP contribution in [-0.4, -0.2) is 19.5 Å². The molecule has 0 rings (SSSR count). The van der Waals surface area contributed by atoms with Crippen molar-refractivity contribution >= 4 is 0 Å². The first kappa shape index (κ1) is 16.9. The van der Waals surface area contributed by atoms with Crippen LogP contribution in [0.15, 0.2) is 0 Å². The molecule has 0 aromatic carbocycles. The van der Waals surface area contributed by atoms with Gasteiger partial charge in [0.05, 0.1) is 0 Å². The summed E-state index contributed by atoms with van der Waals surface area (Å²) in [5.74, 6) is 0.710. The van der Waals surface area contributed by atoms with Gasteiger partial charge in [0.2, 0.25) is 0 Å².